The van der Waals surface area contributed by atoms with Crippen LogP contribution in [0.4, 0.5) is 0 Å². The van der Waals surface area contributed by atoms with E-state index in [4.69, 9.17) is 6.57 Å². The molecule has 0 saturated heterocycles. The van der Waals surface area contributed by atoms with E-state index in [0.29, 0.717) is 17.3 Å². The van der Waals surface area contributed by atoms with Crippen LogP contribution in [-0.4, -0.2) is 5.54 Å². The Balaban J connectivity index is 1.87. The van der Waals surface area contributed by atoms with Crippen LogP contribution in [0.1, 0.15) is 72.6 Å². The molecule has 2 saturated carbocycles. The fraction of sp³-hybridized carbons (Fsp3) is 0.857. The molecule has 120 valence electrons. The second-order valence-electron chi connectivity index (χ2n) is 9.74. The molecule has 4 rings (SSSR count). The third kappa shape index (κ3) is 1.82. The summed E-state index contributed by atoms with van der Waals surface area (Å²) in [5, 5.41) is 0. The molecule has 0 bridgehead atoms. The zero-order chi connectivity index (χ0) is 15.7. The summed E-state index contributed by atoms with van der Waals surface area (Å²) in [6.07, 6.45) is 9.09. The van der Waals surface area contributed by atoms with Gasteiger partial charge in [-0.3, -0.25) is 0 Å². The first-order chi connectivity index (χ1) is 10.4. The number of nitrogens with zero attached hydrogens (tertiary/aromatic N) is 1. The molecule has 0 aromatic rings. The molecule has 6 atom stereocenters. The van der Waals surface area contributed by atoms with Crippen LogP contribution in [0.3, 0.4) is 0 Å². The average Bonchev–Trinajstić information content (AvgIpc) is 2.45. The van der Waals surface area contributed by atoms with Crippen LogP contribution in [0.2, 0.25) is 0 Å². The normalized spacial score (nSPS) is 49.3. The van der Waals surface area contributed by atoms with Crippen molar-refractivity contribution < 1.29 is 0 Å². The highest BCUT2D eigenvalue weighted by Gasteiger charge is 2.63. The molecular weight excluding hydrogens is 266 g/mol. The topological polar surface area (TPSA) is 4.36 Å². The predicted molar refractivity (Wildman–Crippen MR) is 91.3 cm³/mol. The summed E-state index contributed by atoms with van der Waals surface area (Å²) in [5.74, 6) is 3.62. The predicted octanol–water partition coefficient (Wildman–Crippen LogP) is 5.87. The summed E-state index contributed by atoms with van der Waals surface area (Å²) in [6, 6.07) is 0. The molecule has 1 heteroatoms. The molecule has 0 aromatic carbocycles. The number of rotatable bonds is 0. The van der Waals surface area contributed by atoms with Gasteiger partial charge in [0.1, 0.15) is 0 Å². The Hall–Kier alpha value is -0.770. The van der Waals surface area contributed by atoms with Gasteiger partial charge < -0.3 is 4.85 Å². The van der Waals surface area contributed by atoms with Crippen LogP contribution in [-0.2, 0) is 0 Å². The first kappa shape index (κ1) is 14.8. The van der Waals surface area contributed by atoms with E-state index >= 15 is 0 Å². The minimum atomic E-state index is -0.0455. The van der Waals surface area contributed by atoms with E-state index in [9.17, 15) is 0 Å². The average molecular weight is 297 g/mol. The molecular formula is C21H31N. The van der Waals surface area contributed by atoms with Gasteiger partial charge in [0.05, 0.1) is 5.92 Å². The highest BCUT2D eigenvalue weighted by atomic mass is 14.9. The molecule has 0 heterocycles. The molecule has 22 heavy (non-hydrogen) atoms. The van der Waals surface area contributed by atoms with Crippen LogP contribution >= 0.6 is 0 Å². The molecule has 0 spiro atoms. The standard InChI is InChI=1S/C21H31N/c1-13-10-16-12-20(3,4)11-15-8-9-21(22-5)14(2)6-7-17(13)19(21)18(15)16/h13-14,16-17,19H,6-12H2,1-4H3/t13-,14-,16-,17+,19-,21-/m0/s1. The minimum absolute atomic E-state index is 0.0455. The molecule has 0 aliphatic heterocycles. The first-order valence-electron chi connectivity index (χ1n) is 9.48. The van der Waals surface area contributed by atoms with Crippen molar-refractivity contribution in [3.05, 3.63) is 22.6 Å². The Morgan fingerprint density at radius 2 is 1.95 bits per heavy atom. The first-order valence-corrected chi connectivity index (χ1v) is 9.48. The maximum atomic E-state index is 8.08. The molecule has 0 N–H and O–H groups in total. The van der Waals surface area contributed by atoms with Crippen molar-refractivity contribution >= 4 is 0 Å². The van der Waals surface area contributed by atoms with Gasteiger partial charge in [-0.1, -0.05) is 38.8 Å². The van der Waals surface area contributed by atoms with Gasteiger partial charge in [0.2, 0.25) is 5.54 Å². The molecule has 1 nitrogen and oxygen atoms in total. The molecule has 0 aromatic heterocycles. The zero-order valence-electron chi connectivity index (χ0n) is 14.8. The van der Waals surface area contributed by atoms with Crippen molar-refractivity contribution in [3.63, 3.8) is 0 Å². The maximum absolute atomic E-state index is 8.08. The van der Waals surface area contributed by atoms with E-state index in [1.807, 2.05) is 5.57 Å². The summed E-state index contributed by atoms with van der Waals surface area (Å²) < 4.78 is 0. The summed E-state index contributed by atoms with van der Waals surface area (Å²) in [5.41, 5.74) is 4.04. The summed E-state index contributed by atoms with van der Waals surface area (Å²) in [7, 11) is 0. The van der Waals surface area contributed by atoms with Crippen molar-refractivity contribution in [1.29, 1.82) is 0 Å². The second kappa shape index (κ2) is 4.62. The molecule has 2 fully saturated rings. The van der Waals surface area contributed by atoms with Crippen molar-refractivity contribution in [2.45, 2.75) is 78.2 Å². The van der Waals surface area contributed by atoms with Crippen molar-refractivity contribution in [3.8, 4) is 0 Å². The highest BCUT2D eigenvalue weighted by molar-refractivity contribution is 5.37. The summed E-state index contributed by atoms with van der Waals surface area (Å²) in [6.45, 7) is 17.9. The van der Waals surface area contributed by atoms with Crippen LogP contribution in [0.15, 0.2) is 11.1 Å². The fourth-order valence-electron chi connectivity index (χ4n) is 7.00. The van der Waals surface area contributed by atoms with Gasteiger partial charge in [-0.2, -0.15) is 0 Å². The number of hydrogen-bond donors (Lipinski definition) is 0. The van der Waals surface area contributed by atoms with Crippen LogP contribution in [0.25, 0.3) is 4.85 Å². The maximum Gasteiger partial charge on any atom is 0.242 e. The molecule has 0 amide bonds. The van der Waals surface area contributed by atoms with E-state index < -0.39 is 0 Å². The van der Waals surface area contributed by atoms with Gasteiger partial charge in [0.25, 0.3) is 0 Å². The lowest BCUT2D eigenvalue weighted by atomic mass is 9.45. The Labute approximate surface area is 136 Å². The number of allylic oxidation sites excluding steroid dienone is 1. The lowest BCUT2D eigenvalue weighted by molar-refractivity contribution is 0.0159. The molecule has 4 aliphatic carbocycles. The third-order valence-electron chi connectivity index (χ3n) is 7.85. The van der Waals surface area contributed by atoms with E-state index in [2.05, 4.69) is 32.5 Å². The molecule has 0 unspecified atom stereocenters. The van der Waals surface area contributed by atoms with Crippen molar-refractivity contribution in [1.82, 2.24) is 0 Å². The van der Waals surface area contributed by atoms with Gasteiger partial charge in [-0.25, -0.2) is 6.57 Å². The van der Waals surface area contributed by atoms with Gasteiger partial charge in [0, 0.05) is 12.3 Å². The molecule has 0 radical (unpaired) electrons. The number of hydrogen-bond acceptors (Lipinski definition) is 0. The van der Waals surface area contributed by atoms with E-state index in [1.54, 1.807) is 5.57 Å². The van der Waals surface area contributed by atoms with Gasteiger partial charge in [-0.15, -0.1) is 0 Å². The summed E-state index contributed by atoms with van der Waals surface area (Å²) in [4.78, 5) is 4.38. The lowest BCUT2D eigenvalue weighted by Crippen LogP contribution is -2.56. The summed E-state index contributed by atoms with van der Waals surface area (Å²) >= 11 is 0. The second-order valence-corrected chi connectivity index (χ2v) is 9.74. The highest BCUT2D eigenvalue weighted by Crippen LogP contribution is 2.64. The Morgan fingerprint density at radius 3 is 2.68 bits per heavy atom. The zero-order valence-corrected chi connectivity index (χ0v) is 14.8. The minimum Gasteiger partial charge on any atom is -0.309 e. The Bertz CT molecular complexity index is 563. The molecule has 4 aliphatic rings. The fourth-order valence-corrected chi connectivity index (χ4v) is 7.00. The van der Waals surface area contributed by atoms with Gasteiger partial charge in [0.15, 0.2) is 0 Å². The van der Waals surface area contributed by atoms with Gasteiger partial charge >= 0.3 is 0 Å². The quantitative estimate of drug-likeness (QED) is 0.389. The van der Waals surface area contributed by atoms with Crippen molar-refractivity contribution in [2.24, 2.45) is 35.0 Å². The largest absolute Gasteiger partial charge is 0.309 e. The van der Waals surface area contributed by atoms with E-state index in [0.717, 1.165) is 24.2 Å². The van der Waals surface area contributed by atoms with Crippen LogP contribution in [0, 0.1) is 41.6 Å². The van der Waals surface area contributed by atoms with E-state index in [1.165, 1.54) is 38.5 Å². The Morgan fingerprint density at radius 1 is 1.18 bits per heavy atom. The van der Waals surface area contributed by atoms with Crippen molar-refractivity contribution in [2.75, 3.05) is 0 Å². The smallest absolute Gasteiger partial charge is 0.242 e. The SMILES string of the molecule is [C-]#[N+][C@@]12CCC3=C4[C@@H](C[C@H](C)[C@@H](CC[C@@H]1C)[C@@H]42)CC(C)(C)C3. The van der Waals surface area contributed by atoms with Crippen LogP contribution < -0.4 is 0 Å². The van der Waals surface area contributed by atoms with Gasteiger partial charge in [-0.05, 0) is 61.7 Å². The third-order valence-corrected chi connectivity index (χ3v) is 7.85. The monoisotopic (exact) mass is 297 g/mol. The Kier molecular flexibility index (Phi) is 3.11. The lowest BCUT2D eigenvalue weighted by Gasteiger charge is -2.57. The van der Waals surface area contributed by atoms with Crippen LogP contribution in [0.5, 0.6) is 0 Å². The van der Waals surface area contributed by atoms with E-state index in [-0.39, 0.29) is 5.54 Å².